The molecule has 1 aromatic rings. The fourth-order valence-electron chi connectivity index (χ4n) is 1.94. The molecule has 0 bridgehead atoms. The van der Waals surface area contributed by atoms with E-state index >= 15 is 0 Å². The Morgan fingerprint density at radius 2 is 1.86 bits per heavy atom. The molecule has 0 aliphatic carbocycles. The van der Waals surface area contributed by atoms with Crippen LogP contribution in [0.4, 0.5) is 0 Å². The Kier molecular flexibility index (Phi) is 7.61. The van der Waals surface area contributed by atoms with Gasteiger partial charge in [0.1, 0.15) is 11.5 Å². The molecule has 0 fully saturated rings. The molecule has 0 saturated heterocycles. The molecule has 5 heteroatoms. The summed E-state index contributed by atoms with van der Waals surface area (Å²) in [5, 5.41) is 0. The summed E-state index contributed by atoms with van der Waals surface area (Å²) in [6.07, 6.45) is 0.475. The minimum absolute atomic E-state index is 0.107. The van der Waals surface area contributed by atoms with Gasteiger partial charge in [0.05, 0.1) is 20.1 Å². The van der Waals surface area contributed by atoms with Crippen LogP contribution in [0.3, 0.4) is 0 Å². The molecule has 0 amide bonds. The number of ether oxygens (including phenoxy) is 4. The second kappa shape index (κ2) is 9.23. The van der Waals surface area contributed by atoms with E-state index in [2.05, 4.69) is 0 Å². The van der Waals surface area contributed by atoms with Crippen LogP contribution in [-0.2, 0) is 20.7 Å². The normalized spacial score (nSPS) is 11.8. The highest BCUT2D eigenvalue weighted by Gasteiger charge is 2.18. The van der Waals surface area contributed by atoms with Gasteiger partial charge in [0.15, 0.2) is 6.29 Å². The summed E-state index contributed by atoms with van der Waals surface area (Å²) in [7, 11) is 1.56. The molecule has 5 nitrogen and oxygen atoms in total. The number of rotatable bonds is 9. The van der Waals surface area contributed by atoms with Gasteiger partial charge in [-0.05, 0) is 26.0 Å². The minimum Gasteiger partial charge on any atom is -0.496 e. The smallest absolute Gasteiger partial charge is 0.310 e. The van der Waals surface area contributed by atoms with E-state index in [1.165, 1.54) is 0 Å². The third-order valence-corrected chi connectivity index (χ3v) is 2.88. The van der Waals surface area contributed by atoms with Gasteiger partial charge in [0.2, 0.25) is 0 Å². The van der Waals surface area contributed by atoms with Crippen LogP contribution in [-0.4, -0.2) is 32.6 Å². The van der Waals surface area contributed by atoms with Gasteiger partial charge < -0.3 is 18.9 Å². The summed E-state index contributed by atoms with van der Waals surface area (Å²) in [4.78, 5) is 11.7. The van der Waals surface area contributed by atoms with E-state index in [0.29, 0.717) is 36.7 Å². The molecule has 0 spiro atoms. The second-order valence-electron chi connectivity index (χ2n) is 4.33. The molecule has 0 aliphatic rings. The van der Waals surface area contributed by atoms with Crippen LogP contribution < -0.4 is 9.47 Å². The largest absolute Gasteiger partial charge is 0.496 e. The highest BCUT2D eigenvalue weighted by molar-refractivity contribution is 5.75. The zero-order chi connectivity index (χ0) is 15.7. The van der Waals surface area contributed by atoms with E-state index in [-0.39, 0.29) is 18.7 Å². The van der Waals surface area contributed by atoms with Crippen molar-refractivity contribution in [1.82, 2.24) is 0 Å². The number of carbonyl (C=O) groups is 1. The topological polar surface area (TPSA) is 54.0 Å². The standard InChI is InChI=1S/C16H24O5/c1-5-16(20-7-3)21-14-10-8-9-13(18-4)12(14)11-15(17)19-6-2/h8-10,16H,5-7,11H2,1-4H3. The monoisotopic (exact) mass is 296 g/mol. The lowest BCUT2D eigenvalue weighted by atomic mass is 10.1. The van der Waals surface area contributed by atoms with Gasteiger partial charge in [-0.2, -0.15) is 0 Å². The quantitative estimate of drug-likeness (QED) is 0.518. The summed E-state index contributed by atoms with van der Waals surface area (Å²) >= 11 is 0. The van der Waals surface area contributed by atoms with Gasteiger partial charge in [-0.15, -0.1) is 0 Å². The van der Waals surface area contributed by atoms with E-state index in [1.807, 2.05) is 19.9 Å². The molecular weight excluding hydrogens is 272 g/mol. The molecule has 0 radical (unpaired) electrons. The first-order valence-corrected chi connectivity index (χ1v) is 7.25. The summed E-state index contributed by atoms with van der Waals surface area (Å²) in [5.74, 6) is 0.880. The second-order valence-corrected chi connectivity index (χ2v) is 4.33. The highest BCUT2D eigenvalue weighted by atomic mass is 16.7. The summed E-state index contributed by atoms with van der Waals surface area (Å²) < 4.78 is 21.7. The van der Waals surface area contributed by atoms with E-state index < -0.39 is 0 Å². The molecular formula is C16H24O5. The predicted molar refractivity (Wildman–Crippen MR) is 79.7 cm³/mol. The van der Waals surface area contributed by atoms with Crippen molar-refractivity contribution >= 4 is 5.97 Å². The number of hydrogen-bond acceptors (Lipinski definition) is 5. The Morgan fingerprint density at radius 1 is 1.14 bits per heavy atom. The Morgan fingerprint density at radius 3 is 2.43 bits per heavy atom. The lowest BCUT2D eigenvalue weighted by Crippen LogP contribution is -2.21. The number of carbonyl (C=O) groups excluding carboxylic acids is 1. The third-order valence-electron chi connectivity index (χ3n) is 2.88. The van der Waals surface area contributed by atoms with Gasteiger partial charge in [-0.3, -0.25) is 4.79 Å². The predicted octanol–water partition coefficient (Wildman–Crippen LogP) is 2.95. The molecule has 0 aromatic heterocycles. The first-order valence-electron chi connectivity index (χ1n) is 7.25. The van der Waals surface area contributed by atoms with E-state index in [4.69, 9.17) is 18.9 Å². The van der Waals surface area contributed by atoms with Crippen molar-refractivity contribution in [3.05, 3.63) is 23.8 Å². The average molecular weight is 296 g/mol. The molecule has 1 atom stereocenters. The molecule has 1 aromatic carbocycles. The molecule has 0 N–H and O–H groups in total. The molecule has 0 saturated carbocycles. The number of methoxy groups -OCH3 is 1. The van der Waals surface area contributed by atoms with Crippen LogP contribution in [0.1, 0.15) is 32.8 Å². The van der Waals surface area contributed by atoms with Crippen molar-refractivity contribution in [3.63, 3.8) is 0 Å². The maximum atomic E-state index is 11.7. The van der Waals surface area contributed by atoms with Crippen LogP contribution >= 0.6 is 0 Å². The molecule has 0 heterocycles. The van der Waals surface area contributed by atoms with E-state index in [1.54, 1.807) is 26.2 Å². The van der Waals surface area contributed by atoms with Crippen LogP contribution in [0.2, 0.25) is 0 Å². The molecule has 0 aliphatic heterocycles. The average Bonchev–Trinajstić information content (AvgIpc) is 2.48. The van der Waals surface area contributed by atoms with Crippen LogP contribution in [0.5, 0.6) is 11.5 Å². The lowest BCUT2D eigenvalue weighted by molar-refractivity contribution is -0.142. The number of esters is 1. The molecule has 1 unspecified atom stereocenters. The van der Waals surface area contributed by atoms with Gasteiger partial charge >= 0.3 is 5.97 Å². The Balaban J connectivity index is 2.98. The minimum atomic E-state index is -0.344. The zero-order valence-electron chi connectivity index (χ0n) is 13.2. The van der Waals surface area contributed by atoms with Crippen molar-refractivity contribution in [3.8, 4) is 11.5 Å². The van der Waals surface area contributed by atoms with Gasteiger partial charge in [0, 0.05) is 18.6 Å². The molecule has 21 heavy (non-hydrogen) atoms. The first kappa shape index (κ1) is 17.3. The fraction of sp³-hybridized carbons (Fsp3) is 0.562. The SMILES string of the molecule is CCOC(=O)Cc1c(OC)cccc1OC(CC)OCC. The van der Waals surface area contributed by atoms with E-state index in [9.17, 15) is 4.79 Å². The van der Waals surface area contributed by atoms with Crippen molar-refractivity contribution < 1.29 is 23.7 Å². The van der Waals surface area contributed by atoms with Gasteiger partial charge in [0.25, 0.3) is 0 Å². The Labute approximate surface area is 126 Å². The summed E-state index contributed by atoms with van der Waals surface area (Å²) in [5.41, 5.74) is 0.677. The Bertz CT molecular complexity index is 444. The van der Waals surface area contributed by atoms with Crippen molar-refractivity contribution in [2.24, 2.45) is 0 Å². The van der Waals surface area contributed by atoms with Crippen LogP contribution in [0, 0.1) is 0 Å². The molecule has 1 rings (SSSR count). The van der Waals surface area contributed by atoms with Crippen molar-refractivity contribution in [1.29, 1.82) is 0 Å². The fourth-order valence-corrected chi connectivity index (χ4v) is 1.94. The van der Waals surface area contributed by atoms with Gasteiger partial charge in [-0.25, -0.2) is 0 Å². The summed E-state index contributed by atoms with van der Waals surface area (Å²) in [6.45, 7) is 6.58. The highest BCUT2D eigenvalue weighted by Crippen LogP contribution is 2.30. The van der Waals surface area contributed by atoms with Gasteiger partial charge in [-0.1, -0.05) is 13.0 Å². The Hall–Kier alpha value is -1.75. The zero-order valence-corrected chi connectivity index (χ0v) is 13.2. The maximum absolute atomic E-state index is 11.7. The lowest BCUT2D eigenvalue weighted by Gasteiger charge is -2.20. The molecule has 118 valence electrons. The number of hydrogen-bond donors (Lipinski definition) is 0. The van der Waals surface area contributed by atoms with Crippen LogP contribution in [0.15, 0.2) is 18.2 Å². The maximum Gasteiger partial charge on any atom is 0.310 e. The summed E-state index contributed by atoms with van der Waals surface area (Å²) in [6, 6.07) is 5.42. The first-order chi connectivity index (χ1) is 10.2. The van der Waals surface area contributed by atoms with Crippen molar-refractivity contribution in [2.75, 3.05) is 20.3 Å². The van der Waals surface area contributed by atoms with Crippen LogP contribution in [0.25, 0.3) is 0 Å². The number of benzene rings is 1. The third kappa shape index (κ3) is 5.27. The van der Waals surface area contributed by atoms with E-state index in [0.717, 1.165) is 0 Å². The van der Waals surface area contributed by atoms with Crippen molar-refractivity contribution in [2.45, 2.75) is 39.9 Å².